The Kier molecular flexibility index (Phi) is 9.84. The molecule has 10 nitrogen and oxygen atoms in total. The quantitative estimate of drug-likeness (QED) is 0.0964. The first kappa shape index (κ1) is 33.1. The van der Waals surface area contributed by atoms with E-state index in [1.807, 2.05) is 24.3 Å². The number of hydrogen-bond donors (Lipinski definition) is 3. The number of aromatic nitrogens is 2. The molecule has 1 heterocycles. The molecular formula is C38H32N2O8S. The summed E-state index contributed by atoms with van der Waals surface area (Å²) in [4.78, 5) is 39.8. The second-order valence-corrected chi connectivity index (χ2v) is 11.9. The summed E-state index contributed by atoms with van der Waals surface area (Å²) in [6.45, 7) is 0.506. The van der Waals surface area contributed by atoms with E-state index in [0.717, 1.165) is 27.8 Å². The maximum atomic E-state index is 13.2. The summed E-state index contributed by atoms with van der Waals surface area (Å²) in [6, 6.07) is 25.3. The number of carboxylic acid groups (broad SMARTS) is 2. The van der Waals surface area contributed by atoms with E-state index in [9.17, 15) is 24.6 Å². The van der Waals surface area contributed by atoms with Gasteiger partial charge in [0.2, 0.25) is 0 Å². The van der Waals surface area contributed by atoms with Crippen molar-refractivity contribution < 1.29 is 34.0 Å². The molecule has 248 valence electrons. The smallest absolute Gasteiger partial charge is 0.335 e. The SMILES string of the molecule is COCCOc1cc(OCc2cc(Cn3cc(C4C=Cc5ccccc5-c5ccccc54)c(=S)[nH]c3=O)cc(C(=O)O)c2)cc(C(=O)O)c1. The molecular weight excluding hydrogens is 644 g/mol. The predicted octanol–water partition coefficient (Wildman–Crippen LogP) is 6.78. The van der Waals surface area contributed by atoms with Gasteiger partial charge in [-0.25, -0.2) is 14.4 Å². The molecule has 1 aliphatic carbocycles. The van der Waals surface area contributed by atoms with Crippen LogP contribution < -0.4 is 15.2 Å². The highest BCUT2D eigenvalue weighted by Gasteiger charge is 2.22. The second kappa shape index (κ2) is 14.5. The molecule has 0 saturated carbocycles. The van der Waals surface area contributed by atoms with E-state index >= 15 is 0 Å². The number of hydrogen-bond acceptors (Lipinski definition) is 7. The number of rotatable bonds is 12. The van der Waals surface area contributed by atoms with E-state index in [1.54, 1.807) is 18.3 Å². The molecule has 0 spiro atoms. The number of fused-ring (bicyclic) bond motifs is 3. The highest BCUT2D eigenvalue weighted by molar-refractivity contribution is 7.71. The van der Waals surface area contributed by atoms with Crippen LogP contribution in [0.3, 0.4) is 0 Å². The minimum atomic E-state index is -1.16. The third kappa shape index (κ3) is 7.53. The van der Waals surface area contributed by atoms with E-state index in [1.165, 1.54) is 35.9 Å². The molecule has 11 heteroatoms. The van der Waals surface area contributed by atoms with Crippen LogP contribution in [0.5, 0.6) is 11.5 Å². The zero-order valence-electron chi connectivity index (χ0n) is 26.4. The third-order valence-electron chi connectivity index (χ3n) is 8.13. The summed E-state index contributed by atoms with van der Waals surface area (Å²) in [5, 5.41) is 19.5. The van der Waals surface area contributed by atoms with Gasteiger partial charge in [0, 0.05) is 30.9 Å². The molecule has 1 aromatic heterocycles. The fourth-order valence-electron chi connectivity index (χ4n) is 5.87. The predicted molar refractivity (Wildman–Crippen MR) is 186 cm³/mol. The molecule has 1 unspecified atom stereocenters. The zero-order chi connectivity index (χ0) is 34.5. The van der Waals surface area contributed by atoms with Gasteiger partial charge in [-0.2, -0.15) is 0 Å². The number of H-pyrrole nitrogens is 1. The van der Waals surface area contributed by atoms with Gasteiger partial charge in [0.25, 0.3) is 0 Å². The lowest BCUT2D eigenvalue weighted by atomic mass is 9.88. The maximum absolute atomic E-state index is 13.2. The number of allylic oxidation sites excluding steroid dienone is 1. The van der Waals surface area contributed by atoms with Crippen molar-refractivity contribution in [1.82, 2.24) is 9.55 Å². The molecule has 4 aromatic carbocycles. The van der Waals surface area contributed by atoms with E-state index in [-0.39, 0.29) is 42.6 Å². The first-order valence-electron chi connectivity index (χ1n) is 15.4. The lowest BCUT2D eigenvalue weighted by Gasteiger charge is -2.18. The van der Waals surface area contributed by atoms with Crippen molar-refractivity contribution in [1.29, 1.82) is 0 Å². The molecule has 0 saturated heterocycles. The topological polar surface area (TPSA) is 140 Å². The number of carbonyl (C=O) groups is 2. The van der Waals surface area contributed by atoms with Gasteiger partial charge in [-0.15, -0.1) is 0 Å². The van der Waals surface area contributed by atoms with Gasteiger partial charge in [0.05, 0.1) is 24.3 Å². The molecule has 3 N–H and O–H groups in total. The van der Waals surface area contributed by atoms with Crippen LogP contribution in [0.2, 0.25) is 0 Å². The van der Waals surface area contributed by atoms with Crippen LogP contribution in [0.25, 0.3) is 17.2 Å². The van der Waals surface area contributed by atoms with E-state index < -0.39 is 17.6 Å². The van der Waals surface area contributed by atoms with Gasteiger partial charge in [0.15, 0.2) is 0 Å². The number of aromatic carboxylic acids is 2. The highest BCUT2D eigenvalue weighted by atomic mass is 32.1. The fraction of sp³-hybridized carbons (Fsp3) is 0.158. The number of methoxy groups -OCH3 is 1. The van der Waals surface area contributed by atoms with Crippen LogP contribution in [-0.2, 0) is 17.9 Å². The Morgan fingerprint density at radius 2 is 1.49 bits per heavy atom. The lowest BCUT2D eigenvalue weighted by molar-refractivity contribution is 0.0685. The first-order chi connectivity index (χ1) is 23.7. The molecule has 0 radical (unpaired) electrons. The van der Waals surface area contributed by atoms with Crippen LogP contribution in [0.15, 0.2) is 102 Å². The highest BCUT2D eigenvalue weighted by Crippen LogP contribution is 2.39. The Bertz CT molecular complexity index is 2200. The van der Waals surface area contributed by atoms with E-state index in [4.69, 9.17) is 26.4 Å². The normalized spacial score (nSPS) is 13.2. The van der Waals surface area contributed by atoms with Gasteiger partial charge >= 0.3 is 17.6 Å². The largest absolute Gasteiger partial charge is 0.491 e. The lowest BCUT2D eigenvalue weighted by Crippen LogP contribution is -2.25. The van der Waals surface area contributed by atoms with Crippen LogP contribution in [-0.4, -0.2) is 52.0 Å². The number of aromatic amines is 1. The van der Waals surface area contributed by atoms with Crippen molar-refractivity contribution in [3.8, 4) is 22.6 Å². The summed E-state index contributed by atoms with van der Waals surface area (Å²) >= 11 is 5.68. The minimum absolute atomic E-state index is 0.00881. The monoisotopic (exact) mass is 676 g/mol. The van der Waals surface area contributed by atoms with Crippen molar-refractivity contribution in [2.24, 2.45) is 0 Å². The standard InChI is InChI=1S/C38H32N2O8S/c1-46-12-13-47-28-17-27(37(43)44)18-29(19-28)48-22-24-14-23(15-26(16-24)36(41)42)20-40-21-34(35(49)39-38(40)45)33-11-10-25-6-2-3-7-30(25)31-8-4-5-9-32(31)33/h2-11,14-19,21,33H,12-13,20,22H2,1H3,(H,41,42)(H,43,44)(H,39,45,49). The van der Waals surface area contributed by atoms with Crippen molar-refractivity contribution >= 4 is 30.2 Å². The Morgan fingerprint density at radius 1 is 0.816 bits per heavy atom. The summed E-state index contributed by atoms with van der Waals surface area (Å²) in [5.41, 5.74) is 5.61. The summed E-state index contributed by atoms with van der Waals surface area (Å²) in [6.07, 6.45) is 5.87. The fourth-order valence-corrected chi connectivity index (χ4v) is 6.14. The molecule has 49 heavy (non-hydrogen) atoms. The zero-order valence-corrected chi connectivity index (χ0v) is 27.2. The van der Waals surface area contributed by atoms with E-state index in [2.05, 4.69) is 41.4 Å². The maximum Gasteiger partial charge on any atom is 0.335 e. The number of benzene rings is 4. The Labute approximate surface area is 286 Å². The average Bonchev–Trinajstić information content (AvgIpc) is 3.26. The Hall–Kier alpha value is -5.78. The van der Waals surface area contributed by atoms with E-state index in [0.29, 0.717) is 28.1 Å². The number of carboxylic acids is 2. The molecule has 0 amide bonds. The average molecular weight is 677 g/mol. The molecule has 0 aliphatic heterocycles. The van der Waals surface area contributed by atoms with Gasteiger partial charge in [0.1, 0.15) is 29.4 Å². The molecule has 5 aromatic rings. The molecule has 1 atom stereocenters. The second-order valence-electron chi connectivity index (χ2n) is 11.5. The molecule has 6 rings (SSSR count). The Morgan fingerprint density at radius 3 is 2.24 bits per heavy atom. The van der Waals surface area contributed by atoms with Crippen molar-refractivity contribution in [2.75, 3.05) is 20.3 Å². The van der Waals surface area contributed by atoms with Crippen LogP contribution in [0.1, 0.15) is 54.5 Å². The van der Waals surface area contributed by atoms with Gasteiger partial charge in [-0.05, 0) is 57.6 Å². The summed E-state index contributed by atoms with van der Waals surface area (Å²) in [7, 11) is 1.53. The number of nitrogens with zero attached hydrogens (tertiary/aromatic N) is 1. The minimum Gasteiger partial charge on any atom is -0.491 e. The van der Waals surface area contributed by atoms with Crippen molar-refractivity contribution in [3.05, 3.63) is 151 Å². The first-order valence-corrected chi connectivity index (χ1v) is 15.8. The van der Waals surface area contributed by atoms with Crippen LogP contribution in [0.4, 0.5) is 0 Å². The molecule has 0 bridgehead atoms. The third-order valence-corrected chi connectivity index (χ3v) is 8.47. The van der Waals surface area contributed by atoms with Crippen molar-refractivity contribution in [2.45, 2.75) is 19.1 Å². The Balaban J connectivity index is 1.31. The summed E-state index contributed by atoms with van der Waals surface area (Å²) in [5.74, 6) is -2.04. The number of ether oxygens (including phenoxy) is 3. The molecule has 0 fully saturated rings. The van der Waals surface area contributed by atoms with Gasteiger partial charge in [-0.3, -0.25) is 9.55 Å². The van der Waals surface area contributed by atoms with Crippen molar-refractivity contribution in [3.63, 3.8) is 0 Å². The molecule has 1 aliphatic rings. The van der Waals surface area contributed by atoms with Crippen LogP contribution >= 0.6 is 12.2 Å². The van der Waals surface area contributed by atoms with Gasteiger partial charge in [-0.1, -0.05) is 79.0 Å². The van der Waals surface area contributed by atoms with Gasteiger partial charge < -0.3 is 24.4 Å². The van der Waals surface area contributed by atoms with Crippen LogP contribution in [0, 0.1) is 4.64 Å². The number of nitrogens with one attached hydrogen (secondary N) is 1. The summed E-state index contributed by atoms with van der Waals surface area (Å²) < 4.78 is 18.3.